The maximum absolute atomic E-state index is 12.7. The van der Waals surface area contributed by atoms with Gasteiger partial charge in [0.1, 0.15) is 5.82 Å². The second-order valence-corrected chi connectivity index (χ2v) is 8.00. The largest absolute Gasteiger partial charge is 0.326 e. The van der Waals surface area contributed by atoms with Crippen molar-refractivity contribution in [3.8, 4) is 11.4 Å². The summed E-state index contributed by atoms with van der Waals surface area (Å²) in [6.45, 7) is 5.07. The quantitative estimate of drug-likeness (QED) is 0.660. The number of carbonyl (C=O) groups is 1. The van der Waals surface area contributed by atoms with E-state index in [1.54, 1.807) is 0 Å². The molecule has 0 spiro atoms. The Balaban J connectivity index is 1.52. The smallest absolute Gasteiger partial charge is 0.224 e. The van der Waals surface area contributed by atoms with Crippen LogP contribution in [0.25, 0.3) is 11.4 Å². The Morgan fingerprint density at radius 3 is 2.76 bits per heavy atom. The van der Waals surface area contributed by atoms with Gasteiger partial charge in [-0.05, 0) is 42.9 Å². The number of anilines is 1. The molecule has 0 saturated carbocycles. The van der Waals surface area contributed by atoms with E-state index in [1.165, 1.54) is 18.4 Å². The molecule has 0 aliphatic carbocycles. The molecule has 0 saturated heterocycles. The molecular formula is C24H28N4O. The van der Waals surface area contributed by atoms with Crippen LogP contribution in [0.5, 0.6) is 0 Å². The maximum atomic E-state index is 12.7. The molecule has 1 aliphatic rings. The second-order valence-electron chi connectivity index (χ2n) is 8.00. The highest BCUT2D eigenvalue weighted by Gasteiger charge is 2.17. The molecule has 29 heavy (non-hydrogen) atoms. The summed E-state index contributed by atoms with van der Waals surface area (Å²) in [5.74, 6) is 2.17. The van der Waals surface area contributed by atoms with Crippen LogP contribution in [0, 0.1) is 6.92 Å². The lowest BCUT2D eigenvalue weighted by molar-refractivity contribution is -0.116. The Labute approximate surface area is 172 Å². The second kappa shape index (κ2) is 8.60. The van der Waals surface area contributed by atoms with Gasteiger partial charge in [0, 0.05) is 30.6 Å². The number of aryl methyl sites for hydroxylation is 2. The molecule has 3 aromatic rings. The first-order valence-corrected chi connectivity index (χ1v) is 10.5. The number of rotatable bonds is 5. The van der Waals surface area contributed by atoms with Gasteiger partial charge in [-0.3, -0.25) is 4.79 Å². The molecule has 1 N–H and O–H groups in total. The lowest BCUT2D eigenvalue weighted by atomic mass is 9.97. The molecule has 1 atom stereocenters. The number of carbonyl (C=O) groups excluding carboxylic acids is 1. The van der Waals surface area contributed by atoms with Gasteiger partial charge in [-0.15, -0.1) is 10.2 Å². The molecule has 0 bridgehead atoms. The molecule has 2 heterocycles. The molecule has 0 fully saturated rings. The van der Waals surface area contributed by atoms with Gasteiger partial charge in [-0.25, -0.2) is 0 Å². The van der Waals surface area contributed by atoms with Crippen molar-refractivity contribution >= 4 is 11.6 Å². The molecule has 1 unspecified atom stereocenters. The average Bonchev–Trinajstić information content (AvgIpc) is 2.98. The van der Waals surface area contributed by atoms with Crippen LogP contribution in [0.15, 0.2) is 48.5 Å². The normalized spacial score (nSPS) is 14.7. The summed E-state index contributed by atoms with van der Waals surface area (Å²) in [6, 6.07) is 16.3. The van der Waals surface area contributed by atoms with Gasteiger partial charge in [0.25, 0.3) is 0 Å². The van der Waals surface area contributed by atoms with Gasteiger partial charge in [0.2, 0.25) is 5.91 Å². The zero-order valence-electron chi connectivity index (χ0n) is 17.2. The number of aromatic nitrogens is 3. The van der Waals surface area contributed by atoms with Crippen LogP contribution in [-0.4, -0.2) is 20.7 Å². The predicted molar refractivity (Wildman–Crippen MR) is 116 cm³/mol. The van der Waals surface area contributed by atoms with Crippen molar-refractivity contribution in [3.63, 3.8) is 0 Å². The van der Waals surface area contributed by atoms with E-state index in [4.69, 9.17) is 0 Å². The summed E-state index contributed by atoms with van der Waals surface area (Å²) in [5.41, 5.74) is 4.07. The number of benzene rings is 2. The Hall–Kier alpha value is -2.95. The summed E-state index contributed by atoms with van der Waals surface area (Å²) in [5, 5.41) is 12.0. The van der Waals surface area contributed by atoms with Crippen molar-refractivity contribution in [1.29, 1.82) is 0 Å². The maximum Gasteiger partial charge on any atom is 0.224 e. The minimum Gasteiger partial charge on any atom is -0.326 e. The lowest BCUT2D eigenvalue weighted by Gasteiger charge is -2.14. The Morgan fingerprint density at radius 2 is 1.93 bits per heavy atom. The summed E-state index contributed by atoms with van der Waals surface area (Å²) in [6.07, 6.45) is 5.00. The Morgan fingerprint density at radius 1 is 1.10 bits per heavy atom. The van der Waals surface area contributed by atoms with Gasteiger partial charge in [-0.2, -0.15) is 0 Å². The zero-order chi connectivity index (χ0) is 20.2. The van der Waals surface area contributed by atoms with E-state index in [-0.39, 0.29) is 11.8 Å². The highest BCUT2D eigenvalue weighted by Crippen LogP contribution is 2.27. The highest BCUT2D eigenvalue weighted by atomic mass is 16.1. The van der Waals surface area contributed by atoms with Crippen molar-refractivity contribution < 1.29 is 4.79 Å². The molecule has 1 aromatic heterocycles. The first-order chi connectivity index (χ1) is 14.1. The molecule has 1 aliphatic heterocycles. The number of amides is 1. The van der Waals surface area contributed by atoms with Crippen LogP contribution in [0.3, 0.4) is 0 Å². The van der Waals surface area contributed by atoms with Crippen molar-refractivity contribution in [3.05, 3.63) is 65.5 Å². The SMILES string of the molecule is Cc1ccc(-c2nnc3n2CCCCC3)cc1NC(=O)CC(C)c1ccccc1. The van der Waals surface area contributed by atoms with Crippen molar-refractivity contribution in [1.82, 2.24) is 14.8 Å². The predicted octanol–water partition coefficient (Wildman–Crippen LogP) is 5.11. The van der Waals surface area contributed by atoms with E-state index in [0.29, 0.717) is 6.42 Å². The molecule has 1 amide bonds. The number of hydrogen-bond acceptors (Lipinski definition) is 3. The average molecular weight is 389 g/mol. The van der Waals surface area contributed by atoms with Gasteiger partial charge in [-0.1, -0.05) is 55.8 Å². The summed E-state index contributed by atoms with van der Waals surface area (Å²) >= 11 is 0. The Kier molecular flexibility index (Phi) is 5.74. The number of nitrogens with zero attached hydrogens (tertiary/aromatic N) is 3. The van der Waals surface area contributed by atoms with Crippen molar-refractivity contribution in [2.75, 3.05) is 5.32 Å². The van der Waals surface area contributed by atoms with Crippen molar-refractivity contribution in [2.45, 2.75) is 58.4 Å². The number of fused-ring (bicyclic) bond motifs is 1. The first-order valence-electron chi connectivity index (χ1n) is 10.5. The molecule has 150 valence electrons. The van der Waals surface area contributed by atoms with Gasteiger partial charge >= 0.3 is 0 Å². The third-order valence-corrected chi connectivity index (χ3v) is 5.74. The molecule has 2 aromatic carbocycles. The topological polar surface area (TPSA) is 59.8 Å². The molecule has 4 rings (SSSR count). The van der Waals surface area contributed by atoms with Crippen LogP contribution in [0.2, 0.25) is 0 Å². The molecule has 5 heteroatoms. The van der Waals surface area contributed by atoms with E-state index < -0.39 is 0 Å². The minimum absolute atomic E-state index is 0.0293. The number of nitrogens with one attached hydrogen (secondary N) is 1. The fraction of sp³-hybridized carbons (Fsp3) is 0.375. The fourth-order valence-corrected chi connectivity index (χ4v) is 3.97. The fourth-order valence-electron chi connectivity index (χ4n) is 3.97. The summed E-state index contributed by atoms with van der Waals surface area (Å²) in [7, 11) is 0. The number of hydrogen-bond donors (Lipinski definition) is 1. The van der Waals surface area contributed by atoms with E-state index in [9.17, 15) is 4.79 Å². The van der Waals surface area contributed by atoms with E-state index in [0.717, 1.165) is 47.8 Å². The third kappa shape index (κ3) is 4.39. The van der Waals surface area contributed by atoms with Crippen LogP contribution in [0.4, 0.5) is 5.69 Å². The third-order valence-electron chi connectivity index (χ3n) is 5.74. The van der Waals surface area contributed by atoms with Gasteiger partial charge in [0.15, 0.2) is 5.82 Å². The van der Waals surface area contributed by atoms with E-state index in [2.05, 4.69) is 45.2 Å². The zero-order valence-corrected chi connectivity index (χ0v) is 17.2. The van der Waals surface area contributed by atoms with E-state index >= 15 is 0 Å². The highest BCUT2D eigenvalue weighted by molar-refractivity contribution is 5.92. The first kappa shape index (κ1) is 19.4. The summed E-state index contributed by atoms with van der Waals surface area (Å²) < 4.78 is 2.24. The minimum atomic E-state index is 0.0293. The standard InChI is InChI=1S/C24H28N4O/c1-17-12-13-20(24-27-26-22-11-7-4-8-14-28(22)24)16-21(17)25-23(29)15-18(2)19-9-5-3-6-10-19/h3,5-6,9-10,12-13,16,18H,4,7-8,11,14-15H2,1-2H3,(H,25,29). The Bertz CT molecular complexity index is 993. The van der Waals surface area contributed by atoms with Crippen LogP contribution in [-0.2, 0) is 17.8 Å². The van der Waals surface area contributed by atoms with Crippen LogP contribution >= 0.6 is 0 Å². The van der Waals surface area contributed by atoms with Crippen molar-refractivity contribution in [2.24, 2.45) is 0 Å². The van der Waals surface area contributed by atoms with Crippen LogP contribution < -0.4 is 5.32 Å². The molecule has 0 radical (unpaired) electrons. The monoisotopic (exact) mass is 388 g/mol. The van der Waals surface area contributed by atoms with Gasteiger partial charge in [0.05, 0.1) is 0 Å². The molecular weight excluding hydrogens is 360 g/mol. The van der Waals surface area contributed by atoms with E-state index in [1.807, 2.05) is 37.3 Å². The summed E-state index contributed by atoms with van der Waals surface area (Å²) in [4.78, 5) is 12.7. The van der Waals surface area contributed by atoms with Gasteiger partial charge < -0.3 is 9.88 Å². The molecule has 5 nitrogen and oxygen atoms in total. The lowest BCUT2D eigenvalue weighted by Crippen LogP contribution is -2.15. The van der Waals surface area contributed by atoms with Crippen LogP contribution in [0.1, 0.15) is 55.5 Å².